The summed E-state index contributed by atoms with van der Waals surface area (Å²) in [5.41, 5.74) is 0. The van der Waals surface area contributed by atoms with Gasteiger partial charge in [-0.3, -0.25) is 0 Å². The van der Waals surface area contributed by atoms with E-state index >= 15 is 0 Å². The van der Waals surface area contributed by atoms with Gasteiger partial charge in [0.05, 0.1) is 0 Å². The molecule has 0 aromatic rings. The zero-order chi connectivity index (χ0) is 0. The molecule has 0 N–H and O–H groups in total. The van der Waals surface area contributed by atoms with Gasteiger partial charge in [-0.25, -0.2) is 0 Å². The van der Waals surface area contributed by atoms with Crippen LogP contribution in [-0.4, -0.2) is 19.8 Å². The van der Waals surface area contributed by atoms with Crippen LogP contribution < -0.4 is 0 Å². The van der Waals surface area contributed by atoms with Crippen LogP contribution in [0.15, 0.2) is 0 Å². The van der Waals surface area contributed by atoms with Crippen molar-refractivity contribution in [2.24, 2.45) is 0 Å². The standard InChI is InChI=1S/Ga.Gd.Lu.Sc.3H. The Morgan fingerprint density at radius 3 is 1.00 bits per heavy atom. The second-order valence-electron chi connectivity index (χ2n) is 0. The van der Waals surface area contributed by atoms with E-state index in [-0.39, 0.29) is 122 Å². The summed E-state index contributed by atoms with van der Waals surface area (Å²) in [6.45, 7) is 0. The first-order valence-electron chi connectivity index (χ1n) is 0. The molecule has 0 aromatic carbocycles. The first-order chi connectivity index (χ1) is 0. The summed E-state index contributed by atoms with van der Waals surface area (Å²) >= 11 is 0. The summed E-state index contributed by atoms with van der Waals surface area (Å²) in [5.74, 6) is 0. The Labute approximate surface area is 119 Å². The van der Waals surface area contributed by atoms with Gasteiger partial charge < -0.3 is 0 Å². The average Bonchev–Trinajstić information content (AvgIpc) is 0. The van der Waals surface area contributed by atoms with E-state index < -0.39 is 0 Å². The van der Waals surface area contributed by atoms with Crippen molar-refractivity contribution in [2.75, 3.05) is 0 Å². The summed E-state index contributed by atoms with van der Waals surface area (Å²) in [4.78, 5) is 0. The molecule has 0 heterocycles. The second kappa shape index (κ2) is 15.7. The molecule has 0 fully saturated rings. The third-order valence-electron chi connectivity index (χ3n) is 0. The molecule has 0 spiro atoms. The molecule has 0 aliphatic heterocycles. The van der Waals surface area contributed by atoms with Crippen molar-refractivity contribution < 1.29 is 103 Å². The molecular formula is H3GaGdLuSc. The van der Waals surface area contributed by atoms with Crippen LogP contribution in [-0.2, 0) is 25.8 Å². The molecule has 2 radical (unpaired) electrons. The average molecular weight is 450 g/mol. The van der Waals surface area contributed by atoms with Crippen LogP contribution >= 0.6 is 0 Å². The minimum Gasteiger partial charge on any atom is 0 e. The largest absolute Gasteiger partial charge is 0 e. The SMILES string of the molecule is [GaH3].[Gd].[Lu].[Sc]. The molecule has 0 aliphatic carbocycles. The molecule has 0 amide bonds. The van der Waals surface area contributed by atoms with Gasteiger partial charge in [-0.15, -0.1) is 0 Å². The van der Waals surface area contributed by atoms with Crippen molar-refractivity contribution in [1.82, 2.24) is 0 Å². The van der Waals surface area contributed by atoms with Gasteiger partial charge >= 0.3 is 19.8 Å². The molecule has 0 aliphatic rings. The molecule has 32 valence electrons. The van der Waals surface area contributed by atoms with Gasteiger partial charge in [-0.05, 0) is 0 Å². The van der Waals surface area contributed by atoms with Crippen molar-refractivity contribution in [2.45, 2.75) is 0 Å². The van der Waals surface area contributed by atoms with Crippen LogP contribution in [0, 0.1) is 76.8 Å². The van der Waals surface area contributed by atoms with Crippen molar-refractivity contribution in [3.05, 3.63) is 0 Å². The van der Waals surface area contributed by atoms with Crippen molar-refractivity contribution in [3.8, 4) is 0 Å². The van der Waals surface area contributed by atoms with Gasteiger partial charge in [0.15, 0.2) is 0 Å². The summed E-state index contributed by atoms with van der Waals surface area (Å²) < 4.78 is 0. The zero-order valence-electron chi connectivity index (χ0n) is 1.19. The van der Waals surface area contributed by atoms with Crippen molar-refractivity contribution >= 4 is 19.8 Å². The van der Waals surface area contributed by atoms with Crippen LogP contribution in [0.5, 0.6) is 0 Å². The second-order valence-corrected chi connectivity index (χ2v) is 0. The third kappa shape index (κ3) is 9.42. The fourth-order valence-corrected chi connectivity index (χ4v) is 0. The van der Waals surface area contributed by atoms with Crippen LogP contribution in [0.25, 0.3) is 0 Å². The molecule has 4 heteroatoms. The molecule has 0 nitrogen and oxygen atoms in total. The fraction of sp³-hybridized carbons (Fsp3) is 0. The van der Waals surface area contributed by atoms with E-state index in [1.165, 1.54) is 0 Å². The number of rotatable bonds is 0. The third-order valence-corrected chi connectivity index (χ3v) is 0. The molecule has 0 aromatic heterocycles. The molecule has 0 saturated carbocycles. The smallest absolute Gasteiger partial charge is 0 e. The van der Waals surface area contributed by atoms with Crippen LogP contribution in [0.4, 0.5) is 0 Å². The topological polar surface area (TPSA) is 0 Å². The van der Waals surface area contributed by atoms with Crippen LogP contribution in [0.2, 0.25) is 0 Å². The predicted octanol–water partition coefficient (Wildman–Crippen LogP) is -1.19. The monoisotopic (exact) mass is 450 g/mol. The van der Waals surface area contributed by atoms with E-state index in [9.17, 15) is 0 Å². The van der Waals surface area contributed by atoms with E-state index in [4.69, 9.17) is 0 Å². The Morgan fingerprint density at radius 2 is 1.00 bits per heavy atom. The van der Waals surface area contributed by atoms with Gasteiger partial charge in [-0.2, -0.15) is 0 Å². The molecular weight excluding hydrogens is 447 g/mol. The van der Waals surface area contributed by atoms with Crippen molar-refractivity contribution in [1.29, 1.82) is 0 Å². The Balaban J connectivity index is 0. The van der Waals surface area contributed by atoms with Gasteiger partial charge in [0.25, 0.3) is 0 Å². The molecule has 0 rings (SSSR count). The Kier molecular flexibility index (Phi) is 95.8. The van der Waals surface area contributed by atoms with E-state index in [2.05, 4.69) is 0 Å². The Bertz CT molecular complexity index is 8.00. The first kappa shape index (κ1) is 24.4. The minimum absolute atomic E-state index is 0. The summed E-state index contributed by atoms with van der Waals surface area (Å²) in [6, 6.07) is 0. The number of hydrogen-bond donors (Lipinski definition) is 0. The van der Waals surface area contributed by atoms with Crippen molar-refractivity contribution in [3.63, 3.8) is 0 Å². The van der Waals surface area contributed by atoms with Gasteiger partial charge in [0.2, 0.25) is 0 Å². The number of hydrogen-bond acceptors (Lipinski definition) is 0. The maximum atomic E-state index is 0. The van der Waals surface area contributed by atoms with Crippen LogP contribution in [0.1, 0.15) is 0 Å². The quantitative estimate of drug-likeness (QED) is 0.408. The molecule has 4 heavy (non-hydrogen) atoms. The fourth-order valence-electron chi connectivity index (χ4n) is 0. The van der Waals surface area contributed by atoms with Gasteiger partial charge in [-0.1, -0.05) is 0 Å². The van der Waals surface area contributed by atoms with E-state index in [1.807, 2.05) is 0 Å². The Hall–Kier alpha value is 4.06. The summed E-state index contributed by atoms with van der Waals surface area (Å²) in [5, 5.41) is 0. The predicted molar refractivity (Wildman–Crippen MR) is 9.94 cm³/mol. The normalized spacial score (nSPS) is 0. The maximum Gasteiger partial charge on any atom is 0 e. The summed E-state index contributed by atoms with van der Waals surface area (Å²) in [6.07, 6.45) is 0. The first-order valence-corrected chi connectivity index (χ1v) is 0. The van der Waals surface area contributed by atoms with Gasteiger partial charge in [0.1, 0.15) is 0 Å². The maximum absolute atomic E-state index is 0. The summed E-state index contributed by atoms with van der Waals surface area (Å²) in [7, 11) is 0. The van der Waals surface area contributed by atoms with E-state index in [0.717, 1.165) is 0 Å². The molecule has 0 bridgehead atoms. The van der Waals surface area contributed by atoms with E-state index in [0.29, 0.717) is 0 Å². The van der Waals surface area contributed by atoms with Gasteiger partial charge in [0, 0.05) is 103 Å². The van der Waals surface area contributed by atoms with E-state index in [1.54, 1.807) is 0 Å². The minimum atomic E-state index is 0. The zero-order valence-corrected chi connectivity index (χ0v) is 6.92. The Morgan fingerprint density at radius 1 is 1.00 bits per heavy atom. The molecule has 0 saturated heterocycles. The molecule has 0 atom stereocenters. The molecule has 0 unspecified atom stereocenters. The van der Waals surface area contributed by atoms with Crippen LogP contribution in [0.3, 0.4) is 0 Å².